The Hall–Kier alpha value is -1.26. The van der Waals surface area contributed by atoms with E-state index in [4.69, 9.17) is 4.74 Å². The number of carbonyl (C=O) groups is 1. The number of nitrogens with one attached hydrogen (secondary N) is 2. The average molecular weight is 187 g/mol. The Morgan fingerprint density at radius 3 is 2.23 bits per heavy atom. The van der Waals surface area contributed by atoms with Gasteiger partial charge in [-0.25, -0.2) is 4.79 Å². The van der Waals surface area contributed by atoms with Crippen LogP contribution in [0.4, 0.5) is 4.79 Å². The Morgan fingerprint density at radius 1 is 1.38 bits per heavy atom. The van der Waals surface area contributed by atoms with Gasteiger partial charge in [-0.3, -0.25) is 10.3 Å². The molecule has 1 amide bonds. The van der Waals surface area contributed by atoms with Crippen molar-refractivity contribution in [3.05, 3.63) is 0 Å². The molecule has 0 heterocycles. The van der Waals surface area contributed by atoms with Crippen molar-refractivity contribution in [3.63, 3.8) is 0 Å². The van der Waals surface area contributed by atoms with Crippen molar-refractivity contribution in [1.82, 2.24) is 10.6 Å². The zero-order valence-corrected chi connectivity index (χ0v) is 8.76. The SMILES string of the molecule is CN=C(NC)NC(=O)OC(C)(C)C. The van der Waals surface area contributed by atoms with Crippen molar-refractivity contribution >= 4 is 12.1 Å². The molecule has 0 fully saturated rings. The van der Waals surface area contributed by atoms with Crippen LogP contribution < -0.4 is 10.6 Å². The zero-order chi connectivity index (χ0) is 10.5. The summed E-state index contributed by atoms with van der Waals surface area (Å²) in [5, 5.41) is 5.16. The molecule has 0 atom stereocenters. The second-order valence-corrected chi connectivity index (χ2v) is 3.45. The van der Waals surface area contributed by atoms with Gasteiger partial charge in [-0.1, -0.05) is 0 Å². The van der Waals surface area contributed by atoms with Crippen molar-refractivity contribution in [1.29, 1.82) is 0 Å². The van der Waals surface area contributed by atoms with Crippen LogP contribution in [0, 0.1) is 0 Å². The number of hydrogen-bond donors (Lipinski definition) is 2. The van der Waals surface area contributed by atoms with E-state index >= 15 is 0 Å². The largest absolute Gasteiger partial charge is 0.444 e. The minimum atomic E-state index is -0.512. The van der Waals surface area contributed by atoms with Crippen molar-refractivity contribution in [3.8, 4) is 0 Å². The Morgan fingerprint density at radius 2 is 1.92 bits per heavy atom. The normalized spacial score (nSPS) is 12.2. The molecule has 0 unspecified atom stereocenters. The lowest BCUT2D eigenvalue weighted by Crippen LogP contribution is -2.41. The summed E-state index contributed by atoms with van der Waals surface area (Å²) in [5.74, 6) is 0.384. The van der Waals surface area contributed by atoms with Crippen LogP contribution in [0.15, 0.2) is 4.99 Å². The van der Waals surface area contributed by atoms with E-state index in [1.54, 1.807) is 34.9 Å². The highest BCUT2D eigenvalue weighted by Crippen LogP contribution is 2.05. The van der Waals surface area contributed by atoms with Crippen molar-refractivity contribution in [2.24, 2.45) is 4.99 Å². The molecule has 0 aromatic carbocycles. The summed E-state index contributed by atoms with van der Waals surface area (Å²) in [4.78, 5) is 14.9. The van der Waals surface area contributed by atoms with Crippen molar-refractivity contribution < 1.29 is 9.53 Å². The summed E-state index contributed by atoms with van der Waals surface area (Å²) in [6.45, 7) is 5.40. The molecule has 0 aromatic heterocycles. The number of ether oxygens (including phenoxy) is 1. The van der Waals surface area contributed by atoms with Gasteiger partial charge < -0.3 is 10.1 Å². The monoisotopic (exact) mass is 187 g/mol. The molecule has 0 aliphatic heterocycles. The highest BCUT2D eigenvalue weighted by atomic mass is 16.6. The minimum Gasteiger partial charge on any atom is -0.444 e. The molecule has 5 heteroatoms. The Kier molecular flexibility index (Phi) is 4.23. The molecule has 0 radical (unpaired) electrons. The third-order valence-electron chi connectivity index (χ3n) is 1.08. The van der Waals surface area contributed by atoms with Gasteiger partial charge in [0.15, 0.2) is 5.96 Å². The van der Waals surface area contributed by atoms with Gasteiger partial charge >= 0.3 is 6.09 Å². The van der Waals surface area contributed by atoms with E-state index in [2.05, 4.69) is 15.6 Å². The molecular weight excluding hydrogens is 170 g/mol. The van der Waals surface area contributed by atoms with E-state index in [0.29, 0.717) is 5.96 Å². The van der Waals surface area contributed by atoms with Crippen LogP contribution in [0.3, 0.4) is 0 Å². The molecule has 5 nitrogen and oxygen atoms in total. The smallest absolute Gasteiger partial charge is 0.414 e. The third kappa shape index (κ3) is 5.95. The molecule has 0 aliphatic carbocycles. The predicted molar refractivity (Wildman–Crippen MR) is 51.8 cm³/mol. The van der Waals surface area contributed by atoms with E-state index in [0.717, 1.165) is 0 Å². The van der Waals surface area contributed by atoms with Crippen LogP contribution in [0.2, 0.25) is 0 Å². The standard InChI is InChI=1S/C8H17N3O2/c1-8(2,3)13-7(12)11-6(9-4)10-5/h1-5H3,(H2,9,10,11,12). The number of hydrogen-bond acceptors (Lipinski definition) is 3. The number of guanidine groups is 1. The van der Waals surface area contributed by atoms with E-state index < -0.39 is 11.7 Å². The highest BCUT2D eigenvalue weighted by molar-refractivity contribution is 5.93. The number of carbonyl (C=O) groups excluding carboxylic acids is 1. The first kappa shape index (κ1) is 11.7. The first-order valence-electron chi connectivity index (χ1n) is 4.03. The fourth-order valence-corrected chi connectivity index (χ4v) is 0.630. The van der Waals surface area contributed by atoms with Gasteiger partial charge in [0, 0.05) is 14.1 Å². The van der Waals surface area contributed by atoms with Crippen LogP contribution in [-0.4, -0.2) is 31.7 Å². The summed E-state index contributed by atoms with van der Waals surface area (Å²) in [6, 6.07) is 0. The number of aliphatic imine (C=N–C) groups is 1. The summed E-state index contributed by atoms with van der Waals surface area (Å²) in [7, 11) is 3.24. The molecule has 0 saturated carbocycles. The molecule has 0 bridgehead atoms. The fraction of sp³-hybridized carbons (Fsp3) is 0.750. The van der Waals surface area contributed by atoms with Gasteiger partial charge in [-0.15, -0.1) is 0 Å². The van der Waals surface area contributed by atoms with Crippen LogP contribution in [-0.2, 0) is 4.74 Å². The number of rotatable bonds is 0. The third-order valence-corrected chi connectivity index (χ3v) is 1.08. The quantitative estimate of drug-likeness (QED) is 0.434. The molecule has 0 aliphatic rings. The van der Waals surface area contributed by atoms with Gasteiger partial charge in [0.25, 0.3) is 0 Å². The molecule has 2 N–H and O–H groups in total. The number of nitrogens with zero attached hydrogens (tertiary/aromatic N) is 1. The first-order valence-corrected chi connectivity index (χ1v) is 4.03. The second kappa shape index (κ2) is 4.69. The van der Waals surface area contributed by atoms with Crippen molar-refractivity contribution in [2.75, 3.05) is 14.1 Å². The average Bonchev–Trinajstić information content (AvgIpc) is 1.96. The van der Waals surface area contributed by atoms with Crippen molar-refractivity contribution in [2.45, 2.75) is 26.4 Å². The fourth-order valence-electron chi connectivity index (χ4n) is 0.630. The van der Waals surface area contributed by atoms with Crippen LogP contribution >= 0.6 is 0 Å². The lowest BCUT2D eigenvalue weighted by molar-refractivity contribution is 0.0561. The van der Waals surface area contributed by atoms with E-state index in [-0.39, 0.29) is 0 Å². The lowest BCUT2D eigenvalue weighted by Gasteiger charge is -2.19. The zero-order valence-electron chi connectivity index (χ0n) is 8.76. The number of amides is 1. The first-order chi connectivity index (χ1) is 5.89. The van der Waals surface area contributed by atoms with Crippen LogP contribution in [0.5, 0.6) is 0 Å². The van der Waals surface area contributed by atoms with Crippen LogP contribution in [0.1, 0.15) is 20.8 Å². The molecule has 0 aromatic rings. The van der Waals surface area contributed by atoms with E-state index in [1.807, 2.05) is 0 Å². The maximum Gasteiger partial charge on any atom is 0.414 e. The van der Waals surface area contributed by atoms with Gasteiger partial charge in [0.05, 0.1) is 0 Å². The van der Waals surface area contributed by atoms with Gasteiger partial charge in [0.2, 0.25) is 0 Å². The Balaban J connectivity index is 4.02. The summed E-state index contributed by atoms with van der Waals surface area (Å²) >= 11 is 0. The highest BCUT2D eigenvalue weighted by Gasteiger charge is 2.16. The summed E-state index contributed by atoms with van der Waals surface area (Å²) < 4.78 is 5.00. The van der Waals surface area contributed by atoms with Gasteiger partial charge in [-0.05, 0) is 20.8 Å². The minimum absolute atomic E-state index is 0.384. The maximum absolute atomic E-state index is 11.1. The molecular formula is C8H17N3O2. The molecule has 13 heavy (non-hydrogen) atoms. The Labute approximate surface area is 78.6 Å². The molecule has 76 valence electrons. The molecule has 0 saturated heterocycles. The Bertz CT molecular complexity index is 206. The van der Waals surface area contributed by atoms with E-state index in [1.165, 1.54) is 0 Å². The maximum atomic E-state index is 11.1. The lowest BCUT2D eigenvalue weighted by atomic mass is 10.2. The predicted octanol–water partition coefficient (Wildman–Crippen LogP) is 0.716. The second-order valence-electron chi connectivity index (χ2n) is 3.45. The van der Waals surface area contributed by atoms with Gasteiger partial charge in [-0.2, -0.15) is 0 Å². The summed E-state index contributed by atoms with van der Waals surface area (Å²) in [6.07, 6.45) is -0.512. The molecule has 0 spiro atoms. The van der Waals surface area contributed by atoms with Crippen LogP contribution in [0.25, 0.3) is 0 Å². The molecule has 0 rings (SSSR count). The van der Waals surface area contributed by atoms with E-state index in [9.17, 15) is 4.79 Å². The topological polar surface area (TPSA) is 62.7 Å². The van der Waals surface area contributed by atoms with Gasteiger partial charge in [0.1, 0.15) is 5.60 Å². The summed E-state index contributed by atoms with van der Waals surface area (Å²) in [5.41, 5.74) is -0.489. The number of alkyl carbamates (subject to hydrolysis) is 1.